The van der Waals surface area contributed by atoms with Crippen molar-refractivity contribution in [1.29, 1.82) is 0 Å². The van der Waals surface area contributed by atoms with Gasteiger partial charge in [-0.25, -0.2) is 13.2 Å². The highest BCUT2D eigenvalue weighted by Crippen LogP contribution is 2.21. The molecule has 0 heterocycles. The predicted octanol–water partition coefficient (Wildman–Crippen LogP) is 3.05. The molecular formula is C18H21NO5S. The predicted molar refractivity (Wildman–Crippen MR) is 95.3 cm³/mol. The van der Waals surface area contributed by atoms with Gasteiger partial charge in [0.15, 0.2) is 6.61 Å². The van der Waals surface area contributed by atoms with E-state index in [9.17, 15) is 13.2 Å². The average Bonchev–Trinajstić information content (AvgIpc) is 2.52. The average molecular weight is 363 g/mol. The molecule has 1 N–H and O–H groups in total. The molecule has 2 aromatic rings. The number of hydrogen-bond donors (Lipinski definition) is 1. The maximum absolute atomic E-state index is 12.5. The minimum atomic E-state index is -3.70. The van der Waals surface area contributed by atoms with Crippen LogP contribution in [-0.4, -0.2) is 27.6 Å². The van der Waals surface area contributed by atoms with Gasteiger partial charge in [-0.3, -0.25) is 4.72 Å². The minimum absolute atomic E-state index is 0.107. The Hall–Kier alpha value is -2.54. The minimum Gasteiger partial charge on any atom is -0.482 e. The summed E-state index contributed by atoms with van der Waals surface area (Å²) in [4.78, 5) is 11.4. The molecule has 0 aliphatic heterocycles. The van der Waals surface area contributed by atoms with E-state index in [1.165, 1.54) is 24.3 Å². The van der Waals surface area contributed by atoms with E-state index < -0.39 is 16.0 Å². The lowest BCUT2D eigenvalue weighted by Gasteiger charge is -2.11. The molecular weight excluding hydrogens is 342 g/mol. The summed E-state index contributed by atoms with van der Waals surface area (Å²) in [6.45, 7) is 5.57. The largest absolute Gasteiger partial charge is 0.482 e. The van der Waals surface area contributed by atoms with Gasteiger partial charge in [0.05, 0.1) is 11.5 Å². The van der Waals surface area contributed by atoms with Gasteiger partial charge in [-0.05, 0) is 68.3 Å². The molecule has 0 aromatic heterocycles. The molecule has 0 amide bonds. The number of carbonyl (C=O) groups excluding carboxylic acids is 1. The van der Waals surface area contributed by atoms with Crippen LogP contribution in [0.1, 0.15) is 18.1 Å². The van der Waals surface area contributed by atoms with Crippen molar-refractivity contribution in [2.45, 2.75) is 25.7 Å². The zero-order valence-corrected chi connectivity index (χ0v) is 15.2. The number of esters is 1. The maximum atomic E-state index is 12.5. The molecule has 0 unspecified atom stereocenters. The highest BCUT2D eigenvalue weighted by molar-refractivity contribution is 7.92. The van der Waals surface area contributed by atoms with Crippen molar-refractivity contribution >= 4 is 21.7 Å². The summed E-state index contributed by atoms with van der Waals surface area (Å²) in [5.41, 5.74) is 2.46. The molecule has 0 fully saturated rings. The molecule has 134 valence electrons. The third kappa shape index (κ3) is 5.49. The first kappa shape index (κ1) is 18.8. The van der Waals surface area contributed by atoms with E-state index >= 15 is 0 Å². The number of ether oxygens (including phenoxy) is 2. The van der Waals surface area contributed by atoms with Crippen LogP contribution in [-0.2, 0) is 19.6 Å². The first-order chi connectivity index (χ1) is 11.8. The molecule has 25 heavy (non-hydrogen) atoms. The quantitative estimate of drug-likeness (QED) is 0.765. The number of sulfonamides is 1. The van der Waals surface area contributed by atoms with Gasteiger partial charge in [-0.2, -0.15) is 0 Å². The molecule has 0 radical (unpaired) electrons. The Labute approximate surface area is 147 Å². The maximum Gasteiger partial charge on any atom is 0.344 e. The van der Waals surface area contributed by atoms with Crippen molar-refractivity contribution < 1.29 is 22.7 Å². The summed E-state index contributed by atoms with van der Waals surface area (Å²) < 4.78 is 37.5. The van der Waals surface area contributed by atoms with Gasteiger partial charge in [0.2, 0.25) is 0 Å². The number of hydrogen-bond acceptors (Lipinski definition) is 5. The molecule has 0 spiro atoms. The van der Waals surface area contributed by atoms with Crippen LogP contribution >= 0.6 is 0 Å². The van der Waals surface area contributed by atoms with Crippen molar-refractivity contribution in [1.82, 2.24) is 0 Å². The SMILES string of the molecule is CCOC(=O)COc1ccc(S(=O)(=O)Nc2cc(C)cc(C)c2)cc1. The van der Waals surface area contributed by atoms with E-state index in [-0.39, 0.29) is 18.1 Å². The summed E-state index contributed by atoms with van der Waals surface area (Å²) in [5, 5.41) is 0. The van der Waals surface area contributed by atoms with E-state index in [0.29, 0.717) is 11.4 Å². The van der Waals surface area contributed by atoms with Crippen molar-refractivity contribution in [2.24, 2.45) is 0 Å². The fourth-order valence-corrected chi connectivity index (χ4v) is 3.35. The Morgan fingerprint density at radius 2 is 1.64 bits per heavy atom. The third-order valence-electron chi connectivity index (χ3n) is 3.27. The van der Waals surface area contributed by atoms with E-state index in [4.69, 9.17) is 9.47 Å². The normalized spacial score (nSPS) is 11.0. The molecule has 2 rings (SSSR count). The molecule has 0 aliphatic carbocycles. The number of aryl methyl sites for hydroxylation is 2. The van der Waals surface area contributed by atoms with Gasteiger partial charge in [0.1, 0.15) is 5.75 Å². The number of benzene rings is 2. The highest BCUT2D eigenvalue weighted by atomic mass is 32.2. The van der Waals surface area contributed by atoms with Crippen LogP contribution in [0.25, 0.3) is 0 Å². The van der Waals surface area contributed by atoms with Gasteiger partial charge in [-0.1, -0.05) is 6.07 Å². The van der Waals surface area contributed by atoms with Gasteiger partial charge in [0.25, 0.3) is 10.0 Å². The van der Waals surface area contributed by atoms with Crippen molar-refractivity contribution in [3.8, 4) is 5.75 Å². The van der Waals surface area contributed by atoms with Gasteiger partial charge < -0.3 is 9.47 Å². The van der Waals surface area contributed by atoms with Gasteiger partial charge >= 0.3 is 5.97 Å². The molecule has 7 heteroatoms. The van der Waals surface area contributed by atoms with Crippen LogP contribution in [0.15, 0.2) is 47.4 Å². The Bertz CT molecular complexity index is 824. The Kier molecular flexibility index (Phi) is 6.03. The standard InChI is InChI=1S/C18H21NO5S/c1-4-23-18(20)12-24-16-5-7-17(8-6-16)25(21,22)19-15-10-13(2)9-14(3)11-15/h5-11,19H,4,12H2,1-3H3. The topological polar surface area (TPSA) is 81.7 Å². The number of rotatable bonds is 7. The molecule has 0 aliphatic rings. The van der Waals surface area contributed by atoms with Crippen LogP contribution in [0, 0.1) is 13.8 Å². The molecule has 0 atom stereocenters. The fourth-order valence-electron chi connectivity index (χ4n) is 2.31. The van der Waals surface area contributed by atoms with Crippen LogP contribution < -0.4 is 9.46 Å². The van der Waals surface area contributed by atoms with Gasteiger partial charge in [-0.15, -0.1) is 0 Å². The van der Waals surface area contributed by atoms with Gasteiger partial charge in [0, 0.05) is 5.69 Å². The fraction of sp³-hybridized carbons (Fsp3) is 0.278. The van der Waals surface area contributed by atoms with Crippen LogP contribution in [0.2, 0.25) is 0 Å². The van der Waals surface area contributed by atoms with E-state index in [2.05, 4.69) is 4.72 Å². The Morgan fingerprint density at radius 3 is 2.20 bits per heavy atom. The lowest BCUT2D eigenvalue weighted by atomic mass is 10.1. The number of nitrogens with one attached hydrogen (secondary N) is 1. The first-order valence-electron chi connectivity index (χ1n) is 7.80. The Morgan fingerprint density at radius 1 is 1.04 bits per heavy atom. The van der Waals surface area contributed by atoms with Crippen molar-refractivity contribution in [2.75, 3.05) is 17.9 Å². The lowest BCUT2D eigenvalue weighted by Crippen LogP contribution is -2.15. The zero-order valence-electron chi connectivity index (χ0n) is 14.4. The van der Waals surface area contributed by atoms with E-state index in [0.717, 1.165) is 11.1 Å². The molecule has 6 nitrogen and oxygen atoms in total. The summed E-state index contributed by atoms with van der Waals surface area (Å²) >= 11 is 0. The molecule has 2 aromatic carbocycles. The van der Waals surface area contributed by atoms with Crippen LogP contribution in [0.3, 0.4) is 0 Å². The second-order valence-electron chi connectivity index (χ2n) is 5.55. The molecule has 0 saturated carbocycles. The molecule has 0 bridgehead atoms. The smallest absolute Gasteiger partial charge is 0.344 e. The summed E-state index contributed by atoms with van der Waals surface area (Å²) in [6.07, 6.45) is 0. The van der Waals surface area contributed by atoms with E-state index in [1.807, 2.05) is 19.9 Å². The Balaban J connectivity index is 2.08. The highest BCUT2D eigenvalue weighted by Gasteiger charge is 2.15. The van der Waals surface area contributed by atoms with Crippen LogP contribution in [0.4, 0.5) is 5.69 Å². The van der Waals surface area contributed by atoms with E-state index in [1.54, 1.807) is 19.1 Å². The van der Waals surface area contributed by atoms with Crippen molar-refractivity contribution in [3.63, 3.8) is 0 Å². The number of anilines is 1. The first-order valence-corrected chi connectivity index (χ1v) is 9.28. The summed E-state index contributed by atoms with van der Waals surface area (Å²) in [5.74, 6) is -0.0888. The zero-order chi connectivity index (χ0) is 18.4. The van der Waals surface area contributed by atoms with Crippen LogP contribution in [0.5, 0.6) is 5.75 Å². The summed E-state index contributed by atoms with van der Waals surface area (Å²) in [6, 6.07) is 11.3. The number of carbonyl (C=O) groups is 1. The third-order valence-corrected chi connectivity index (χ3v) is 4.67. The second-order valence-corrected chi connectivity index (χ2v) is 7.23. The van der Waals surface area contributed by atoms with Crippen molar-refractivity contribution in [3.05, 3.63) is 53.6 Å². The summed E-state index contributed by atoms with van der Waals surface area (Å²) in [7, 11) is -3.70. The second kappa shape index (κ2) is 8.02. The molecule has 0 saturated heterocycles. The lowest BCUT2D eigenvalue weighted by molar-refractivity contribution is -0.145. The monoisotopic (exact) mass is 363 g/mol.